The molecular weight excluding hydrogens is 265 g/mol. The highest BCUT2D eigenvalue weighted by Gasteiger charge is 2.32. The van der Waals surface area contributed by atoms with Crippen LogP contribution in [0, 0.1) is 11.7 Å². The molecule has 1 aromatic carbocycles. The summed E-state index contributed by atoms with van der Waals surface area (Å²) in [5.41, 5.74) is 0.739. The van der Waals surface area contributed by atoms with E-state index < -0.39 is 0 Å². The molecule has 1 saturated carbocycles. The summed E-state index contributed by atoms with van der Waals surface area (Å²) in [6.45, 7) is 5.59. The number of hydrogen-bond donors (Lipinski definition) is 1. The van der Waals surface area contributed by atoms with Gasteiger partial charge in [-0.15, -0.1) is 0 Å². The van der Waals surface area contributed by atoms with Gasteiger partial charge in [0.25, 0.3) is 0 Å². The number of benzene rings is 1. The average Bonchev–Trinajstić information content (AvgIpc) is 2.52. The third-order valence-electron chi connectivity index (χ3n) is 4.47. The molecule has 1 aliphatic carbocycles. The van der Waals surface area contributed by atoms with E-state index in [0.29, 0.717) is 12.5 Å². The molecule has 1 aliphatic rings. The number of rotatable bonds is 7. The monoisotopic (exact) mass is 293 g/mol. The number of nitrogens with one attached hydrogen (secondary N) is 1. The molecule has 0 aromatic heterocycles. The Morgan fingerprint density at radius 3 is 2.52 bits per heavy atom. The maximum Gasteiger partial charge on any atom is 0.128 e. The molecule has 2 nitrogen and oxygen atoms in total. The van der Waals surface area contributed by atoms with Crippen molar-refractivity contribution in [3.8, 4) is 0 Å². The van der Waals surface area contributed by atoms with Crippen LogP contribution in [0.4, 0.5) is 4.39 Å². The van der Waals surface area contributed by atoms with Crippen LogP contribution in [-0.4, -0.2) is 19.3 Å². The van der Waals surface area contributed by atoms with Crippen molar-refractivity contribution in [2.24, 2.45) is 5.92 Å². The summed E-state index contributed by atoms with van der Waals surface area (Å²) in [5, 5.41) is 3.46. The van der Waals surface area contributed by atoms with Crippen molar-refractivity contribution in [3.05, 3.63) is 35.6 Å². The Kier molecular flexibility index (Phi) is 6.65. The van der Waals surface area contributed by atoms with Gasteiger partial charge in [0.2, 0.25) is 0 Å². The Morgan fingerprint density at radius 1 is 1.19 bits per heavy atom. The highest BCUT2D eigenvalue weighted by Crippen LogP contribution is 2.35. The van der Waals surface area contributed by atoms with E-state index in [-0.39, 0.29) is 18.0 Å². The van der Waals surface area contributed by atoms with Crippen LogP contribution in [0.2, 0.25) is 0 Å². The van der Waals surface area contributed by atoms with Crippen LogP contribution in [0.1, 0.15) is 57.6 Å². The Balaban J connectivity index is 2.25. The molecule has 3 heteroatoms. The van der Waals surface area contributed by atoms with Gasteiger partial charge in [0.1, 0.15) is 5.82 Å². The molecule has 0 saturated heterocycles. The minimum absolute atomic E-state index is 0.0562. The largest absolute Gasteiger partial charge is 0.376 e. The van der Waals surface area contributed by atoms with E-state index in [1.165, 1.54) is 32.1 Å². The van der Waals surface area contributed by atoms with Gasteiger partial charge >= 0.3 is 0 Å². The van der Waals surface area contributed by atoms with Gasteiger partial charge in [-0.1, -0.05) is 44.4 Å². The summed E-state index contributed by atoms with van der Waals surface area (Å²) in [6, 6.07) is 7.03. The second kappa shape index (κ2) is 8.50. The molecule has 0 bridgehead atoms. The smallest absolute Gasteiger partial charge is 0.128 e. The minimum Gasteiger partial charge on any atom is -0.376 e. The van der Waals surface area contributed by atoms with Crippen molar-refractivity contribution in [1.29, 1.82) is 0 Å². The van der Waals surface area contributed by atoms with Gasteiger partial charge in [-0.05, 0) is 38.3 Å². The summed E-state index contributed by atoms with van der Waals surface area (Å²) in [7, 11) is 0. The number of hydrogen-bond acceptors (Lipinski definition) is 2. The highest BCUT2D eigenvalue weighted by molar-refractivity contribution is 5.22. The van der Waals surface area contributed by atoms with E-state index in [4.69, 9.17) is 4.74 Å². The fourth-order valence-electron chi connectivity index (χ4n) is 3.51. The van der Waals surface area contributed by atoms with Crippen molar-refractivity contribution in [1.82, 2.24) is 5.32 Å². The van der Waals surface area contributed by atoms with Gasteiger partial charge in [-0.3, -0.25) is 0 Å². The van der Waals surface area contributed by atoms with Crippen molar-refractivity contribution in [2.45, 2.75) is 58.1 Å². The molecule has 118 valence electrons. The Bertz CT molecular complexity index is 417. The van der Waals surface area contributed by atoms with Crippen LogP contribution >= 0.6 is 0 Å². The summed E-state index contributed by atoms with van der Waals surface area (Å²) in [6.07, 6.45) is 6.31. The van der Waals surface area contributed by atoms with Gasteiger partial charge in [0, 0.05) is 12.2 Å². The lowest BCUT2D eigenvalue weighted by atomic mass is 9.80. The van der Waals surface area contributed by atoms with Gasteiger partial charge < -0.3 is 10.1 Å². The first-order chi connectivity index (χ1) is 10.3. The van der Waals surface area contributed by atoms with E-state index in [9.17, 15) is 4.39 Å². The van der Waals surface area contributed by atoms with Crippen molar-refractivity contribution < 1.29 is 9.13 Å². The summed E-state index contributed by atoms with van der Waals surface area (Å²) < 4.78 is 20.3. The lowest BCUT2D eigenvalue weighted by Crippen LogP contribution is -2.40. The molecule has 1 N–H and O–H groups in total. The van der Waals surface area contributed by atoms with Crippen molar-refractivity contribution in [2.75, 3.05) is 13.2 Å². The molecular formula is C18H28FNO. The van der Waals surface area contributed by atoms with Crippen molar-refractivity contribution >= 4 is 0 Å². The Hall–Kier alpha value is -0.930. The lowest BCUT2D eigenvalue weighted by Gasteiger charge is -2.36. The molecule has 1 aromatic rings. The summed E-state index contributed by atoms with van der Waals surface area (Å²) in [5.74, 6) is 0.395. The van der Waals surface area contributed by atoms with E-state index in [2.05, 4.69) is 12.2 Å². The third-order valence-corrected chi connectivity index (χ3v) is 4.47. The quantitative estimate of drug-likeness (QED) is 0.801. The first-order valence-corrected chi connectivity index (χ1v) is 8.37. The molecule has 2 rings (SSSR count). The molecule has 0 aliphatic heterocycles. The van der Waals surface area contributed by atoms with E-state index in [1.54, 1.807) is 12.1 Å². The van der Waals surface area contributed by atoms with Crippen LogP contribution in [-0.2, 0) is 4.74 Å². The minimum atomic E-state index is -0.135. The van der Waals surface area contributed by atoms with Crippen LogP contribution in [0.25, 0.3) is 0 Å². The number of halogens is 1. The summed E-state index contributed by atoms with van der Waals surface area (Å²) >= 11 is 0. The molecule has 0 radical (unpaired) electrons. The number of ether oxygens (including phenoxy) is 1. The predicted octanol–water partition coefficient (Wildman–Crippen LogP) is 4.46. The zero-order valence-corrected chi connectivity index (χ0v) is 13.3. The topological polar surface area (TPSA) is 21.3 Å². The first-order valence-electron chi connectivity index (χ1n) is 8.37. The van der Waals surface area contributed by atoms with Gasteiger partial charge in [0.05, 0.1) is 12.1 Å². The van der Waals surface area contributed by atoms with Crippen LogP contribution < -0.4 is 5.32 Å². The maximum atomic E-state index is 14.2. The SMILES string of the molecule is CCNC(c1ccccc1F)C(OCC)C1CCCCC1. The Labute approximate surface area is 128 Å². The van der Waals surface area contributed by atoms with E-state index >= 15 is 0 Å². The fraction of sp³-hybridized carbons (Fsp3) is 0.667. The lowest BCUT2D eigenvalue weighted by molar-refractivity contribution is -0.0187. The molecule has 2 unspecified atom stereocenters. The molecule has 0 amide bonds. The summed E-state index contributed by atoms with van der Waals surface area (Å²) in [4.78, 5) is 0. The van der Waals surface area contributed by atoms with Gasteiger partial charge in [0.15, 0.2) is 0 Å². The van der Waals surface area contributed by atoms with Crippen LogP contribution in [0.3, 0.4) is 0 Å². The maximum absolute atomic E-state index is 14.2. The number of likely N-dealkylation sites (N-methyl/N-ethyl adjacent to an activating group) is 1. The van der Waals surface area contributed by atoms with E-state index in [0.717, 1.165) is 12.1 Å². The molecule has 0 heterocycles. The highest BCUT2D eigenvalue weighted by atomic mass is 19.1. The van der Waals surface area contributed by atoms with Gasteiger partial charge in [-0.2, -0.15) is 0 Å². The average molecular weight is 293 g/mol. The normalized spacial score (nSPS) is 19.4. The molecule has 2 atom stereocenters. The second-order valence-electron chi connectivity index (χ2n) is 5.87. The fourth-order valence-corrected chi connectivity index (χ4v) is 3.51. The van der Waals surface area contributed by atoms with Gasteiger partial charge in [-0.25, -0.2) is 4.39 Å². The zero-order valence-electron chi connectivity index (χ0n) is 13.3. The molecule has 21 heavy (non-hydrogen) atoms. The third kappa shape index (κ3) is 4.27. The van der Waals surface area contributed by atoms with E-state index in [1.807, 2.05) is 19.1 Å². The predicted molar refractivity (Wildman–Crippen MR) is 84.8 cm³/mol. The standard InChI is InChI=1S/C18H28FNO/c1-3-20-17(15-12-8-9-13-16(15)19)18(21-4-2)14-10-6-5-7-11-14/h8-9,12-14,17-18,20H,3-7,10-11H2,1-2H3. The van der Waals surface area contributed by atoms with Crippen molar-refractivity contribution in [3.63, 3.8) is 0 Å². The Morgan fingerprint density at radius 2 is 1.90 bits per heavy atom. The molecule has 0 spiro atoms. The first kappa shape index (κ1) is 16.4. The zero-order chi connectivity index (χ0) is 15.1. The van der Waals surface area contributed by atoms with Crippen LogP contribution in [0.15, 0.2) is 24.3 Å². The second-order valence-corrected chi connectivity index (χ2v) is 5.87. The molecule has 1 fully saturated rings. The van der Waals surface area contributed by atoms with Crippen LogP contribution in [0.5, 0.6) is 0 Å².